The first kappa shape index (κ1) is 22.7. The highest BCUT2D eigenvalue weighted by atomic mass is 16.6. The van der Waals surface area contributed by atoms with Gasteiger partial charge < -0.3 is 24.8 Å². The van der Waals surface area contributed by atoms with Gasteiger partial charge in [-0.2, -0.15) is 0 Å². The second kappa shape index (κ2) is 8.02. The maximum Gasteiger partial charge on any atom is 0.312 e. The molecule has 3 unspecified atom stereocenters. The summed E-state index contributed by atoms with van der Waals surface area (Å²) in [4.78, 5) is 41.5. The molecule has 1 aromatic heterocycles. The van der Waals surface area contributed by atoms with Crippen LogP contribution in [0.1, 0.15) is 27.2 Å². The lowest BCUT2D eigenvalue weighted by molar-refractivity contribution is -0.161. The largest absolute Gasteiger partial charge is 0.466 e. The fraction of sp³-hybridized carbons (Fsp3) is 0.609. The molecule has 0 saturated carbocycles. The fourth-order valence-corrected chi connectivity index (χ4v) is 6.26. The van der Waals surface area contributed by atoms with Crippen LogP contribution in [0.5, 0.6) is 0 Å². The molecule has 182 valence electrons. The number of aliphatic hydroxyl groups excluding tert-OH is 1. The molecule has 3 fully saturated rings. The Labute approximate surface area is 196 Å². The van der Waals surface area contributed by atoms with Crippen LogP contribution in [0.15, 0.2) is 24.3 Å². The third kappa shape index (κ3) is 2.99. The van der Waals surface area contributed by atoms with Crippen LogP contribution < -0.4 is 5.32 Å². The van der Waals surface area contributed by atoms with Gasteiger partial charge in [0.1, 0.15) is 29.7 Å². The predicted octanol–water partition coefficient (Wildman–Crippen LogP) is 0.0711. The summed E-state index contributed by atoms with van der Waals surface area (Å²) in [5.41, 5.74) is -0.634. The summed E-state index contributed by atoms with van der Waals surface area (Å²) in [5.74, 6) is -3.02. The van der Waals surface area contributed by atoms with Crippen LogP contribution >= 0.6 is 0 Å². The number of β-amino-alcohol motifs (C(OH)–C–C–N with tert-alkyl or cyclic N) is 1. The van der Waals surface area contributed by atoms with Gasteiger partial charge in [-0.1, -0.05) is 24.3 Å². The van der Waals surface area contributed by atoms with Crippen molar-refractivity contribution in [2.45, 2.75) is 51.1 Å². The highest BCUT2D eigenvalue weighted by Crippen LogP contribution is 2.65. The van der Waals surface area contributed by atoms with Crippen molar-refractivity contribution in [3.8, 4) is 0 Å². The van der Waals surface area contributed by atoms with Crippen molar-refractivity contribution >= 4 is 28.8 Å². The van der Waals surface area contributed by atoms with Crippen molar-refractivity contribution in [3.63, 3.8) is 0 Å². The fourth-order valence-electron chi connectivity index (χ4n) is 6.26. The van der Waals surface area contributed by atoms with Crippen LogP contribution in [0.2, 0.25) is 0 Å². The number of nitrogens with one attached hydrogen (secondary N) is 1. The second-order valence-electron chi connectivity index (χ2n) is 9.49. The first-order chi connectivity index (χ1) is 16.3. The van der Waals surface area contributed by atoms with Gasteiger partial charge >= 0.3 is 5.97 Å². The van der Waals surface area contributed by atoms with Gasteiger partial charge in [0.05, 0.1) is 30.2 Å². The van der Waals surface area contributed by atoms with E-state index in [1.807, 2.05) is 38.1 Å². The van der Waals surface area contributed by atoms with E-state index in [1.54, 1.807) is 11.6 Å². The molecule has 3 saturated heterocycles. The molecular weight excluding hydrogens is 442 g/mol. The van der Waals surface area contributed by atoms with E-state index in [9.17, 15) is 19.5 Å². The standard InChI is InChI=1S/C23H29N5O6/c1-4-33-21(32)17-16-20(31)27(9-10-29)18(23(16)11-13(2)22(17,3)34-23)19(30)24-12-28-15-8-6-5-7-14(15)25-26-28/h5-8,13,16-18,29H,4,9-12H2,1-3H3,(H,24,30)/t13?,16-,17-,18?,22+,23?/m0/s1. The Morgan fingerprint density at radius 2 is 2.12 bits per heavy atom. The molecule has 3 aliphatic rings. The molecular formula is C23H29N5O6. The van der Waals surface area contributed by atoms with E-state index in [0.717, 1.165) is 5.52 Å². The van der Waals surface area contributed by atoms with Crippen LogP contribution in [0.4, 0.5) is 0 Å². The SMILES string of the molecule is CCOC(=O)[C@@H]1[C@H]2C(=O)N(CCO)C(C(=O)NCn3nnc4ccccc43)C23CC(C)[C@@]1(C)O3. The van der Waals surface area contributed by atoms with E-state index in [0.29, 0.717) is 11.9 Å². The Morgan fingerprint density at radius 1 is 1.35 bits per heavy atom. The number of aliphatic hydroxyl groups is 1. The topological polar surface area (TPSA) is 136 Å². The van der Waals surface area contributed by atoms with Gasteiger partial charge in [-0.3, -0.25) is 14.4 Å². The third-order valence-corrected chi connectivity index (χ3v) is 7.77. The first-order valence-corrected chi connectivity index (χ1v) is 11.6. The maximum atomic E-state index is 13.6. The van der Waals surface area contributed by atoms with Crippen molar-refractivity contribution in [2.75, 3.05) is 19.8 Å². The van der Waals surface area contributed by atoms with Crippen LogP contribution in [0.25, 0.3) is 11.0 Å². The minimum atomic E-state index is -1.17. The van der Waals surface area contributed by atoms with E-state index < -0.39 is 41.0 Å². The lowest BCUT2D eigenvalue weighted by Gasteiger charge is -2.35. The number of esters is 1. The lowest BCUT2D eigenvalue weighted by Crippen LogP contribution is -2.56. The molecule has 11 heteroatoms. The Balaban J connectivity index is 1.47. The van der Waals surface area contributed by atoms with E-state index in [4.69, 9.17) is 9.47 Å². The quantitative estimate of drug-likeness (QED) is 0.542. The molecule has 5 rings (SSSR count). The monoisotopic (exact) mass is 471 g/mol. The summed E-state index contributed by atoms with van der Waals surface area (Å²) in [6.07, 6.45) is 0.447. The highest BCUT2D eigenvalue weighted by molar-refractivity contribution is 5.98. The van der Waals surface area contributed by atoms with Gasteiger partial charge in [0.2, 0.25) is 11.8 Å². The van der Waals surface area contributed by atoms with Crippen LogP contribution in [-0.4, -0.2) is 79.8 Å². The Kier molecular flexibility index (Phi) is 5.36. The summed E-state index contributed by atoms with van der Waals surface area (Å²) in [7, 11) is 0. The average molecular weight is 472 g/mol. The minimum absolute atomic E-state index is 0.0363. The van der Waals surface area contributed by atoms with Crippen molar-refractivity contribution in [2.24, 2.45) is 17.8 Å². The number of benzene rings is 1. The zero-order valence-corrected chi connectivity index (χ0v) is 19.4. The molecule has 1 spiro atoms. The smallest absolute Gasteiger partial charge is 0.312 e. The Hall–Kier alpha value is -3.05. The summed E-state index contributed by atoms with van der Waals surface area (Å²) in [6.45, 7) is 5.38. The molecule has 2 amide bonds. The number of aromatic nitrogens is 3. The number of para-hydroxylation sites is 1. The van der Waals surface area contributed by atoms with Crippen molar-refractivity contribution in [3.05, 3.63) is 24.3 Å². The van der Waals surface area contributed by atoms with Crippen molar-refractivity contribution in [1.29, 1.82) is 0 Å². The van der Waals surface area contributed by atoms with Crippen LogP contribution in [-0.2, 0) is 30.5 Å². The molecule has 3 aliphatic heterocycles. The summed E-state index contributed by atoms with van der Waals surface area (Å²) in [6, 6.07) is 6.39. The lowest BCUT2D eigenvalue weighted by atomic mass is 9.62. The summed E-state index contributed by atoms with van der Waals surface area (Å²) >= 11 is 0. The Morgan fingerprint density at radius 3 is 2.85 bits per heavy atom. The van der Waals surface area contributed by atoms with Crippen LogP contribution in [0.3, 0.4) is 0 Å². The van der Waals surface area contributed by atoms with E-state index >= 15 is 0 Å². The molecule has 0 radical (unpaired) electrons. The number of amides is 2. The number of fused-ring (bicyclic) bond motifs is 2. The average Bonchev–Trinajstić information content (AvgIpc) is 3.47. The number of carbonyl (C=O) groups is 3. The van der Waals surface area contributed by atoms with Crippen molar-refractivity contribution in [1.82, 2.24) is 25.2 Å². The third-order valence-electron chi connectivity index (χ3n) is 7.77. The second-order valence-corrected chi connectivity index (χ2v) is 9.49. The molecule has 34 heavy (non-hydrogen) atoms. The Bertz CT molecular complexity index is 1150. The predicted molar refractivity (Wildman–Crippen MR) is 118 cm³/mol. The molecule has 1 aromatic carbocycles. The zero-order valence-electron chi connectivity index (χ0n) is 19.4. The summed E-state index contributed by atoms with van der Waals surface area (Å²) in [5, 5.41) is 20.7. The first-order valence-electron chi connectivity index (χ1n) is 11.6. The van der Waals surface area contributed by atoms with Gasteiger partial charge in [0, 0.05) is 6.54 Å². The molecule has 2 aromatic rings. The van der Waals surface area contributed by atoms with Gasteiger partial charge in [-0.05, 0) is 38.3 Å². The number of nitrogens with zero attached hydrogens (tertiary/aromatic N) is 4. The molecule has 4 heterocycles. The van der Waals surface area contributed by atoms with Crippen molar-refractivity contribution < 1.29 is 29.0 Å². The highest BCUT2D eigenvalue weighted by Gasteiger charge is 2.80. The van der Waals surface area contributed by atoms with Gasteiger partial charge in [-0.25, -0.2) is 4.68 Å². The molecule has 2 N–H and O–H groups in total. The number of rotatable bonds is 7. The normalized spacial score (nSPS) is 34.0. The molecule has 6 atom stereocenters. The number of ether oxygens (including phenoxy) is 2. The maximum absolute atomic E-state index is 13.6. The number of likely N-dealkylation sites (tertiary alicyclic amines) is 1. The van der Waals surface area contributed by atoms with E-state index in [-0.39, 0.29) is 38.3 Å². The van der Waals surface area contributed by atoms with Crippen LogP contribution in [0, 0.1) is 17.8 Å². The molecule has 11 nitrogen and oxygen atoms in total. The number of carbonyl (C=O) groups excluding carboxylic acids is 3. The van der Waals surface area contributed by atoms with Gasteiger partial charge in [0.15, 0.2) is 0 Å². The number of hydrogen-bond acceptors (Lipinski definition) is 8. The summed E-state index contributed by atoms with van der Waals surface area (Å²) < 4.78 is 13.4. The van der Waals surface area contributed by atoms with E-state index in [2.05, 4.69) is 15.6 Å². The van der Waals surface area contributed by atoms with Gasteiger partial charge in [0.25, 0.3) is 0 Å². The molecule has 2 bridgehead atoms. The van der Waals surface area contributed by atoms with Gasteiger partial charge in [-0.15, -0.1) is 5.10 Å². The molecule has 0 aliphatic carbocycles. The minimum Gasteiger partial charge on any atom is -0.466 e. The zero-order chi connectivity index (χ0) is 24.3. The number of hydrogen-bond donors (Lipinski definition) is 2. The van der Waals surface area contributed by atoms with E-state index in [1.165, 1.54) is 4.90 Å².